The first-order chi connectivity index (χ1) is 17.7. The van der Waals surface area contributed by atoms with Gasteiger partial charge in [-0.25, -0.2) is 9.67 Å². The number of para-hydroxylation sites is 1. The molecule has 0 saturated carbocycles. The Morgan fingerprint density at radius 2 is 1.56 bits per heavy atom. The summed E-state index contributed by atoms with van der Waals surface area (Å²) in [6.45, 7) is 5.26. The molecule has 6 rings (SSSR count). The van der Waals surface area contributed by atoms with Crippen molar-refractivity contribution >= 4 is 23.1 Å². The maximum absolute atomic E-state index is 6.01. The molecule has 0 bridgehead atoms. The molecular weight excluding hydrogens is 470 g/mol. The minimum absolute atomic E-state index is 0.362. The maximum Gasteiger partial charge on any atom is 0.288 e. The van der Waals surface area contributed by atoms with E-state index in [9.17, 15) is 0 Å². The van der Waals surface area contributed by atoms with Gasteiger partial charge in [-0.2, -0.15) is 0 Å². The fraction of sp³-hybridized carbons (Fsp3) is 0.222. The Bertz CT molecular complexity index is 1530. The molecule has 1 aliphatic heterocycles. The fourth-order valence-electron chi connectivity index (χ4n) is 4.50. The van der Waals surface area contributed by atoms with Gasteiger partial charge in [0.1, 0.15) is 0 Å². The third-order valence-electron chi connectivity index (χ3n) is 6.39. The Morgan fingerprint density at radius 1 is 0.806 bits per heavy atom. The first-order valence-electron chi connectivity index (χ1n) is 12.0. The zero-order chi connectivity index (χ0) is 24.3. The molecule has 5 aromatic rings. The monoisotopic (exact) mass is 495 g/mol. The van der Waals surface area contributed by atoms with Crippen LogP contribution >= 0.6 is 12.2 Å². The van der Waals surface area contributed by atoms with Crippen molar-refractivity contribution < 1.29 is 4.42 Å². The van der Waals surface area contributed by atoms with E-state index < -0.39 is 0 Å². The molecule has 4 aromatic heterocycles. The normalized spacial score (nSPS) is 14.9. The predicted octanol–water partition coefficient (Wildman–Crippen LogP) is 4.65. The van der Waals surface area contributed by atoms with Crippen LogP contribution in [0.2, 0.25) is 0 Å². The molecule has 0 amide bonds. The van der Waals surface area contributed by atoms with Gasteiger partial charge in [0.25, 0.3) is 4.84 Å². The number of hydrogen-bond acceptors (Lipinski definition) is 8. The molecule has 1 saturated heterocycles. The van der Waals surface area contributed by atoms with Gasteiger partial charge in [0.05, 0.1) is 34.8 Å². The Hall–Kier alpha value is -3.79. The van der Waals surface area contributed by atoms with Gasteiger partial charge < -0.3 is 4.42 Å². The fourth-order valence-corrected chi connectivity index (χ4v) is 4.68. The zero-order valence-corrected chi connectivity index (χ0v) is 20.5. The van der Waals surface area contributed by atoms with E-state index in [2.05, 4.69) is 25.8 Å². The Kier molecular flexibility index (Phi) is 6.33. The number of fused-ring (bicyclic) bond motifs is 1. The van der Waals surface area contributed by atoms with Crippen LogP contribution in [0.3, 0.4) is 0 Å². The zero-order valence-electron chi connectivity index (χ0n) is 19.7. The number of hydrogen-bond donors (Lipinski definition) is 0. The molecule has 0 radical (unpaired) electrons. The number of piperazine rings is 1. The number of benzene rings is 1. The van der Waals surface area contributed by atoms with Crippen LogP contribution < -0.4 is 0 Å². The Balaban J connectivity index is 1.22. The summed E-state index contributed by atoms with van der Waals surface area (Å²) < 4.78 is 7.79. The summed E-state index contributed by atoms with van der Waals surface area (Å²) >= 11 is 5.56. The Labute approximate surface area is 213 Å². The van der Waals surface area contributed by atoms with Crippen LogP contribution in [-0.4, -0.2) is 60.7 Å². The third kappa shape index (κ3) is 4.81. The number of pyridine rings is 3. The highest BCUT2D eigenvalue weighted by atomic mass is 32.1. The lowest BCUT2D eigenvalue weighted by molar-refractivity contribution is 0.0966. The molecule has 0 aliphatic carbocycles. The smallest absolute Gasteiger partial charge is 0.288 e. The van der Waals surface area contributed by atoms with Crippen molar-refractivity contribution in [3.63, 3.8) is 0 Å². The predicted molar refractivity (Wildman–Crippen MR) is 140 cm³/mol. The van der Waals surface area contributed by atoms with Crippen molar-refractivity contribution in [2.75, 3.05) is 26.2 Å². The van der Waals surface area contributed by atoms with E-state index in [0.29, 0.717) is 17.4 Å². The van der Waals surface area contributed by atoms with Crippen molar-refractivity contribution in [3.05, 3.63) is 89.7 Å². The van der Waals surface area contributed by atoms with E-state index >= 15 is 0 Å². The molecule has 0 N–H and O–H groups in total. The Morgan fingerprint density at radius 3 is 2.33 bits per heavy atom. The van der Waals surface area contributed by atoms with Crippen molar-refractivity contribution in [2.24, 2.45) is 0 Å². The van der Waals surface area contributed by atoms with Crippen LogP contribution in [0.1, 0.15) is 5.69 Å². The van der Waals surface area contributed by atoms with Crippen LogP contribution in [0.15, 0.2) is 83.5 Å². The SMILES string of the molecule is S=c1oc(-c2cc(-c3ccccn3)nc3ccccc23)nn1CN1CCN(Cc2ccccn2)CC1. The second kappa shape index (κ2) is 10.1. The molecule has 0 unspecified atom stereocenters. The van der Waals surface area contributed by atoms with Crippen LogP contribution in [0.4, 0.5) is 0 Å². The van der Waals surface area contributed by atoms with Crippen molar-refractivity contribution in [3.8, 4) is 22.8 Å². The van der Waals surface area contributed by atoms with Crippen molar-refractivity contribution in [1.29, 1.82) is 0 Å². The van der Waals surface area contributed by atoms with E-state index in [4.69, 9.17) is 26.7 Å². The molecule has 36 heavy (non-hydrogen) atoms. The second-order valence-corrected chi connectivity index (χ2v) is 9.17. The van der Waals surface area contributed by atoms with Gasteiger partial charge in [-0.1, -0.05) is 30.3 Å². The average molecular weight is 496 g/mol. The van der Waals surface area contributed by atoms with Crippen LogP contribution in [0.25, 0.3) is 33.7 Å². The van der Waals surface area contributed by atoms with Gasteiger partial charge in [0, 0.05) is 50.5 Å². The van der Waals surface area contributed by atoms with Crippen molar-refractivity contribution in [2.45, 2.75) is 13.2 Å². The summed E-state index contributed by atoms with van der Waals surface area (Å²) in [6.07, 6.45) is 3.61. The minimum atomic E-state index is 0.362. The summed E-state index contributed by atoms with van der Waals surface area (Å²) in [5, 5.41) is 5.74. The van der Waals surface area contributed by atoms with E-state index in [-0.39, 0.29) is 0 Å². The van der Waals surface area contributed by atoms with Gasteiger partial charge in [-0.3, -0.25) is 19.8 Å². The van der Waals surface area contributed by atoms with Gasteiger partial charge >= 0.3 is 0 Å². The van der Waals surface area contributed by atoms with Gasteiger partial charge in [0.15, 0.2) is 0 Å². The lowest BCUT2D eigenvalue weighted by Crippen LogP contribution is -2.46. The highest BCUT2D eigenvalue weighted by molar-refractivity contribution is 7.71. The van der Waals surface area contributed by atoms with Crippen LogP contribution in [0, 0.1) is 4.84 Å². The third-order valence-corrected chi connectivity index (χ3v) is 6.68. The number of aromatic nitrogens is 5. The summed E-state index contributed by atoms with van der Waals surface area (Å²) in [5.74, 6) is 0.490. The summed E-state index contributed by atoms with van der Waals surface area (Å²) in [6, 6.07) is 21.8. The van der Waals surface area contributed by atoms with Crippen LogP contribution in [0.5, 0.6) is 0 Å². The standard InChI is InChI=1S/C27H25N7OS/c36-27-34(19-33-15-13-32(14-16-33)18-20-7-3-5-11-28-20)31-26(35-27)22-17-25(24-10-4-6-12-29-24)30-23-9-2-1-8-21(22)23/h1-12,17H,13-16,18-19H2. The molecule has 0 atom stereocenters. The largest absolute Gasteiger partial charge is 0.409 e. The summed E-state index contributed by atoms with van der Waals surface area (Å²) in [5.41, 5.74) is 4.38. The van der Waals surface area contributed by atoms with E-state index in [0.717, 1.165) is 66.3 Å². The molecule has 180 valence electrons. The topological polar surface area (TPSA) is 76.1 Å². The van der Waals surface area contributed by atoms with E-state index in [1.54, 1.807) is 10.9 Å². The molecule has 5 heterocycles. The lowest BCUT2D eigenvalue weighted by atomic mass is 10.1. The highest BCUT2D eigenvalue weighted by Crippen LogP contribution is 2.31. The highest BCUT2D eigenvalue weighted by Gasteiger charge is 2.20. The first kappa shape index (κ1) is 22.7. The molecule has 1 aliphatic rings. The van der Waals surface area contributed by atoms with Crippen LogP contribution in [-0.2, 0) is 13.2 Å². The summed E-state index contributed by atoms with van der Waals surface area (Å²) in [7, 11) is 0. The van der Waals surface area contributed by atoms with E-state index in [1.165, 1.54) is 0 Å². The molecule has 1 fully saturated rings. The molecule has 0 spiro atoms. The number of rotatable bonds is 6. The molecule has 9 heteroatoms. The lowest BCUT2D eigenvalue weighted by Gasteiger charge is -2.34. The van der Waals surface area contributed by atoms with Gasteiger partial charge in [0.2, 0.25) is 5.89 Å². The maximum atomic E-state index is 6.01. The van der Waals surface area contributed by atoms with E-state index in [1.807, 2.05) is 66.9 Å². The molecule has 1 aromatic carbocycles. The quantitative estimate of drug-likeness (QED) is 0.315. The molecular formula is C27H25N7OS. The molecule has 8 nitrogen and oxygen atoms in total. The summed E-state index contributed by atoms with van der Waals surface area (Å²) in [4.78, 5) is 18.9. The first-order valence-corrected chi connectivity index (χ1v) is 12.4. The van der Waals surface area contributed by atoms with Gasteiger partial charge in [-0.15, -0.1) is 5.10 Å². The average Bonchev–Trinajstić information content (AvgIpc) is 3.30. The van der Waals surface area contributed by atoms with Gasteiger partial charge in [-0.05, 0) is 48.6 Å². The minimum Gasteiger partial charge on any atom is -0.409 e. The second-order valence-electron chi connectivity index (χ2n) is 8.82. The van der Waals surface area contributed by atoms with Crippen molar-refractivity contribution in [1.82, 2.24) is 34.5 Å². The number of nitrogens with zero attached hydrogens (tertiary/aromatic N) is 7.